The first-order valence-corrected chi connectivity index (χ1v) is 7.41. The summed E-state index contributed by atoms with van der Waals surface area (Å²) in [7, 11) is 0. The van der Waals surface area contributed by atoms with Gasteiger partial charge in [-0.2, -0.15) is 0 Å². The molecule has 0 aliphatic heterocycles. The second kappa shape index (κ2) is 6.27. The second-order valence-electron chi connectivity index (χ2n) is 5.68. The van der Waals surface area contributed by atoms with Crippen LogP contribution in [0.1, 0.15) is 29.5 Å². The Morgan fingerprint density at radius 1 is 1.14 bits per heavy atom. The molecule has 0 spiro atoms. The van der Waals surface area contributed by atoms with Crippen molar-refractivity contribution in [3.8, 4) is 5.75 Å². The summed E-state index contributed by atoms with van der Waals surface area (Å²) in [5.74, 6) is 0.682. The van der Waals surface area contributed by atoms with E-state index in [1.54, 1.807) is 12.1 Å². The van der Waals surface area contributed by atoms with Crippen molar-refractivity contribution in [2.75, 3.05) is 0 Å². The SMILES string of the molecule is Cc1ccc(OCc2ccc(F)cc2)c(CNC2CC2)c1. The molecule has 0 radical (unpaired) electrons. The smallest absolute Gasteiger partial charge is 0.124 e. The Balaban J connectivity index is 1.66. The van der Waals surface area contributed by atoms with Crippen LogP contribution in [0, 0.1) is 12.7 Å². The summed E-state index contributed by atoms with van der Waals surface area (Å²) < 4.78 is 18.8. The zero-order valence-electron chi connectivity index (χ0n) is 12.2. The van der Waals surface area contributed by atoms with E-state index in [0.717, 1.165) is 17.9 Å². The summed E-state index contributed by atoms with van der Waals surface area (Å²) in [6.07, 6.45) is 2.55. The highest BCUT2D eigenvalue weighted by atomic mass is 19.1. The zero-order chi connectivity index (χ0) is 14.7. The van der Waals surface area contributed by atoms with Gasteiger partial charge in [0.1, 0.15) is 18.2 Å². The van der Waals surface area contributed by atoms with E-state index in [1.165, 1.54) is 36.1 Å². The number of benzene rings is 2. The van der Waals surface area contributed by atoms with Crippen LogP contribution < -0.4 is 10.1 Å². The molecule has 0 heterocycles. The molecule has 1 aliphatic rings. The minimum absolute atomic E-state index is 0.219. The largest absolute Gasteiger partial charge is 0.489 e. The van der Waals surface area contributed by atoms with Crippen LogP contribution in [-0.2, 0) is 13.2 Å². The van der Waals surface area contributed by atoms with Crippen molar-refractivity contribution in [1.29, 1.82) is 0 Å². The van der Waals surface area contributed by atoms with Crippen LogP contribution in [0.15, 0.2) is 42.5 Å². The molecule has 110 valence electrons. The Hall–Kier alpha value is -1.87. The highest BCUT2D eigenvalue weighted by Gasteiger charge is 2.20. The van der Waals surface area contributed by atoms with Gasteiger partial charge < -0.3 is 10.1 Å². The Morgan fingerprint density at radius 3 is 2.62 bits per heavy atom. The Morgan fingerprint density at radius 2 is 1.90 bits per heavy atom. The lowest BCUT2D eigenvalue weighted by Crippen LogP contribution is -2.16. The fourth-order valence-corrected chi connectivity index (χ4v) is 2.27. The summed E-state index contributed by atoms with van der Waals surface area (Å²) in [6, 6.07) is 13.3. The molecule has 1 aliphatic carbocycles. The van der Waals surface area contributed by atoms with Crippen LogP contribution in [0.5, 0.6) is 5.75 Å². The summed E-state index contributed by atoms with van der Waals surface area (Å²) in [6.45, 7) is 3.38. The summed E-state index contributed by atoms with van der Waals surface area (Å²) in [4.78, 5) is 0. The maximum Gasteiger partial charge on any atom is 0.124 e. The fraction of sp³-hybridized carbons (Fsp3) is 0.333. The molecule has 2 aromatic rings. The molecule has 2 nitrogen and oxygen atoms in total. The molecule has 0 atom stereocenters. The predicted octanol–water partition coefficient (Wildman–Crippen LogP) is 3.97. The number of hydrogen-bond donors (Lipinski definition) is 1. The van der Waals surface area contributed by atoms with Gasteiger partial charge in [-0.15, -0.1) is 0 Å². The summed E-state index contributed by atoms with van der Waals surface area (Å²) >= 11 is 0. The molecular weight excluding hydrogens is 265 g/mol. The Labute approximate surface area is 125 Å². The lowest BCUT2D eigenvalue weighted by Gasteiger charge is -2.13. The molecule has 2 aromatic carbocycles. The Bertz CT molecular complexity index is 605. The molecule has 1 fully saturated rings. The van der Waals surface area contributed by atoms with Gasteiger partial charge in [0.25, 0.3) is 0 Å². The van der Waals surface area contributed by atoms with Gasteiger partial charge in [0.2, 0.25) is 0 Å². The highest BCUT2D eigenvalue weighted by Crippen LogP contribution is 2.24. The van der Waals surface area contributed by atoms with Crippen LogP contribution in [0.4, 0.5) is 4.39 Å². The van der Waals surface area contributed by atoms with E-state index in [-0.39, 0.29) is 5.82 Å². The van der Waals surface area contributed by atoms with Gasteiger partial charge in [-0.3, -0.25) is 0 Å². The van der Waals surface area contributed by atoms with Crippen molar-refractivity contribution >= 4 is 0 Å². The standard InChI is InChI=1S/C18H20FNO/c1-13-2-9-18(15(10-13)11-20-17-7-8-17)21-12-14-3-5-16(19)6-4-14/h2-6,9-10,17,20H,7-8,11-12H2,1H3. The second-order valence-corrected chi connectivity index (χ2v) is 5.68. The minimum Gasteiger partial charge on any atom is -0.489 e. The van der Waals surface area contributed by atoms with Gasteiger partial charge in [-0.1, -0.05) is 29.8 Å². The highest BCUT2D eigenvalue weighted by molar-refractivity contribution is 5.37. The van der Waals surface area contributed by atoms with E-state index in [4.69, 9.17) is 4.74 Å². The van der Waals surface area contributed by atoms with Crippen molar-refractivity contribution in [2.45, 2.75) is 39.0 Å². The van der Waals surface area contributed by atoms with Gasteiger partial charge in [0, 0.05) is 18.2 Å². The summed E-state index contributed by atoms with van der Waals surface area (Å²) in [5.41, 5.74) is 3.39. The molecule has 1 N–H and O–H groups in total. The van der Waals surface area contributed by atoms with Gasteiger partial charge >= 0.3 is 0 Å². The molecule has 3 rings (SSSR count). The number of hydrogen-bond acceptors (Lipinski definition) is 2. The third-order valence-corrected chi connectivity index (χ3v) is 3.68. The van der Waals surface area contributed by atoms with Crippen molar-refractivity contribution in [1.82, 2.24) is 5.32 Å². The van der Waals surface area contributed by atoms with E-state index in [9.17, 15) is 4.39 Å². The molecule has 0 amide bonds. The quantitative estimate of drug-likeness (QED) is 0.867. The number of ether oxygens (including phenoxy) is 1. The van der Waals surface area contributed by atoms with Crippen molar-refractivity contribution in [3.63, 3.8) is 0 Å². The van der Waals surface area contributed by atoms with E-state index in [2.05, 4.69) is 24.4 Å². The molecular formula is C18H20FNO. The van der Waals surface area contributed by atoms with Crippen LogP contribution in [0.2, 0.25) is 0 Å². The third-order valence-electron chi connectivity index (χ3n) is 3.68. The van der Waals surface area contributed by atoms with E-state index < -0.39 is 0 Å². The van der Waals surface area contributed by atoms with Crippen LogP contribution in [0.3, 0.4) is 0 Å². The summed E-state index contributed by atoms with van der Waals surface area (Å²) in [5, 5.41) is 3.52. The monoisotopic (exact) mass is 285 g/mol. The molecule has 0 saturated heterocycles. The number of halogens is 1. The lowest BCUT2D eigenvalue weighted by molar-refractivity contribution is 0.302. The lowest BCUT2D eigenvalue weighted by atomic mass is 10.1. The Kier molecular flexibility index (Phi) is 4.20. The van der Waals surface area contributed by atoms with Crippen LogP contribution >= 0.6 is 0 Å². The van der Waals surface area contributed by atoms with Crippen molar-refractivity contribution < 1.29 is 9.13 Å². The van der Waals surface area contributed by atoms with Crippen molar-refractivity contribution in [2.24, 2.45) is 0 Å². The average Bonchev–Trinajstić information content (AvgIpc) is 3.30. The first-order chi connectivity index (χ1) is 10.2. The predicted molar refractivity (Wildman–Crippen MR) is 81.8 cm³/mol. The van der Waals surface area contributed by atoms with Gasteiger partial charge in [-0.25, -0.2) is 4.39 Å². The number of rotatable bonds is 6. The van der Waals surface area contributed by atoms with E-state index in [0.29, 0.717) is 12.6 Å². The van der Waals surface area contributed by atoms with E-state index >= 15 is 0 Å². The van der Waals surface area contributed by atoms with Crippen LogP contribution in [-0.4, -0.2) is 6.04 Å². The van der Waals surface area contributed by atoms with Gasteiger partial charge in [0.15, 0.2) is 0 Å². The maximum absolute atomic E-state index is 12.9. The topological polar surface area (TPSA) is 21.3 Å². The van der Waals surface area contributed by atoms with E-state index in [1.807, 2.05) is 6.07 Å². The molecule has 0 aromatic heterocycles. The number of nitrogens with one attached hydrogen (secondary N) is 1. The molecule has 21 heavy (non-hydrogen) atoms. The van der Waals surface area contributed by atoms with Crippen LogP contribution in [0.25, 0.3) is 0 Å². The van der Waals surface area contributed by atoms with Gasteiger partial charge in [0.05, 0.1) is 0 Å². The molecule has 0 unspecified atom stereocenters. The fourth-order valence-electron chi connectivity index (χ4n) is 2.27. The molecule has 3 heteroatoms. The van der Waals surface area contributed by atoms with Gasteiger partial charge in [-0.05, 0) is 43.5 Å². The normalized spacial score (nSPS) is 14.2. The number of aryl methyl sites for hydroxylation is 1. The average molecular weight is 285 g/mol. The molecule has 0 bridgehead atoms. The molecule has 1 saturated carbocycles. The minimum atomic E-state index is -0.219. The first-order valence-electron chi connectivity index (χ1n) is 7.41. The third kappa shape index (κ3) is 4.05. The zero-order valence-corrected chi connectivity index (χ0v) is 12.2. The maximum atomic E-state index is 12.9. The first kappa shape index (κ1) is 14.1. The van der Waals surface area contributed by atoms with Crippen molar-refractivity contribution in [3.05, 3.63) is 65.0 Å².